The fraction of sp³-hybridized carbons (Fsp3) is 0.600. The summed E-state index contributed by atoms with van der Waals surface area (Å²) in [5.74, 6) is -0.223. The van der Waals surface area contributed by atoms with Gasteiger partial charge in [-0.25, -0.2) is 0 Å². The van der Waals surface area contributed by atoms with Crippen LogP contribution < -0.4 is 11.1 Å². The molecule has 1 N–H and O–H groups in total. The maximum Gasteiger partial charge on any atom is 0.218 e. The number of nitrogens with zero attached hydrogens (tertiary/aromatic N) is 2. The van der Waals surface area contributed by atoms with Gasteiger partial charge in [-0.05, 0) is 18.4 Å². The molecule has 1 aliphatic heterocycles. The fourth-order valence-corrected chi connectivity index (χ4v) is 3.05. The van der Waals surface area contributed by atoms with E-state index >= 15 is 0 Å². The van der Waals surface area contributed by atoms with Crippen LogP contribution in [0.1, 0.15) is 44.1 Å². The van der Waals surface area contributed by atoms with Gasteiger partial charge in [0, 0.05) is 17.9 Å². The predicted octanol–water partition coefficient (Wildman–Crippen LogP) is 2.36. The highest BCUT2D eigenvalue weighted by Gasteiger charge is 2.36. The summed E-state index contributed by atoms with van der Waals surface area (Å²) in [7, 11) is 0. The summed E-state index contributed by atoms with van der Waals surface area (Å²) in [6.45, 7) is 1.65. The topological polar surface area (TPSA) is 77.5 Å². The Hall–Kier alpha value is -1.46. The highest BCUT2D eigenvalue weighted by Crippen LogP contribution is 2.30. The summed E-state index contributed by atoms with van der Waals surface area (Å²) >= 11 is 0. The van der Waals surface area contributed by atoms with E-state index < -0.39 is 12.2 Å². The fourth-order valence-electron chi connectivity index (χ4n) is 3.05. The molecule has 0 aliphatic carbocycles. The molecule has 5 nitrogen and oxygen atoms in total. The van der Waals surface area contributed by atoms with Crippen molar-refractivity contribution in [3.8, 4) is 0 Å². The SMILES string of the molecule is CC(C(c1ccccc1)C1CCCCC([N])N1)[N+](=O)[O-]. The normalized spacial score (nSPS) is 26.5. The molecule has 1 saturated heterocycles. The van der Waals surface area contributed by atoms with Crippen molar-refractivity contribution < 1.29 is 4.92 Å². The third-order valence-electron chi connectivity index (χ3n) is 4.12. The second-order valence-electron chi connectivity index (χ2n) is 5.54. The van der Waals surface area contributed by atoms with Crippen LogP contribution in [0, 0.1) is 10.1 Å². The Morgan fingerprint density at radius 1 is 1.30 bits per heavy atom. The monoisotopic (exact) mass is 275 g/mol. The van der Waals surface area contributed by atoms with E-state index in [1.54, 1.807) is 6.92 Å². The van der Waals surface area contributed by atoms with Gasteiger partial charge in [0.05, 0.1) is 12.1 Å². The molecule has 2 rings (SSSR count). The second-order valence-corrected chi connectivity index (χ2v) is 5.54. The zero-order valence-electron chi connectivity index (χ0n) is 11.7. The number of benzene rings is 1. The lowest BCUT2D eigenvalue weighted by atomic mass is 9.84. The van der Waals surface area contributed by atoms with Crippen molar-refractivity contribution in [3.63, 3.8) is 0 Å². The van der Waals surface area contributed by atoms with E-state index in [2.05, 4.69) is 5.32 Å². The van der Waals surface area contributed by atoms with Crippen LogP contribution in [-0.4, -0.2) is 23.2 Å². The van der Waals surface area contributed by atoms with Crippen molar-refractivity contribution in [2.45, 2.75) is 56.8 Å². The van der Waals surface area contributed by atoms with Crippen LogP contribution in [0.25, 0.3) is 0 Å². The Morgan fingerprint density at radius 3 is 2.60 bits per heavy atom. The summed E-state index contributed by atoms with van der Waals surface area (Å²) in [6.07, 6.45) is 2.95. The lowest BCUT2D eigenvalue weighted by Gasteiger charge is -2.29. The molecule has 0 spiro atoms. The van der Waals surface area contributed by atoms with Crippen LogP contribution in [0.5, 0.6) is 0 Å². The van der Waals surface area contributed by atoms with Gasteiger partial charge in [0.25, 0.3) is 0 Å². The molecular weight excluding hydrogens is 254 g/mol. The molecule has 0 aromatic heterocycles. The lowest BCUT2D eigenvalue weighted by molar-refractivity contribution is -0.523. The van der Waals surface area contributed by atoms with Crippen LogP contribution in [0.4, 0.5) is 0 Å². The Morgan fingerprint density at radius 2 is 1.95 bits per heavy atom. The first-order chi connectivity index (χ1) is 9.59. The van der Waals surface area contributed by atoms with E-state index in [1.165, 1.54) is 0 Å². The Balaban J connectivity index is 2.28. The van der Waals surface area contributed by atoms with Crippen LogP contribution in [0.3, 0.4) is 0 Å². The molecule has 1 aromatic rings. The summed E-state index contributed by atoms with van der Waals surface area (Å²) in [4.78, 5) is 11.0. The molecule has 2 radical (unpaired) electrons. The second kappa shape index (κ2) is 6.81. The van der Waals surface area contributed by atoms with E-state index in [4.69, 9.17) is 0 Å². The molecule has 1 heterocycles. The summed E-state index contributed by atoms with van der Waals surface area (Å²) in [5, 5.41) is 14.4. The lowest BCUT2D eigenvalue weighted by Crippen LogP contribution is -2.45. The molecule has 4 unspecified atom stereocenters. The first kappa shape index (κ1) is 14.9. The van der Waals surface area contributed by atoms with E-state index in [1.807, 2.05) is 30.3 Å². The van der Waals surface area contributed by atoms with Gasteiger partial charge in [-0.1, -0.05) is 43.2 Å². The first-order valence-corrected chi connectivity index (χ1v) is 7.22. The molecule has 1 aliphatic rings. The quantitative estimate of drug-likeness (QED) is 0.677. The number of hydrogen-bond donors (Lipinski definition) is 1. The van der Waals surface area contributed by atoms with Crippen molar-refractivity contribution in [3.05, 3.63) is 46.0 Å². The van der Waals surface area contributed by atoms with E-state index in [9.17, 15) is 15.8 Å². The number of hydrogen-bond acceptors (Lipinski definition) is 3. The van der Waals surface area contributed by atoms with Crippen LogP contribution in [0.15, 0.2) is 30.3 Å². The molecule has 0 amide bonds. The van der Waals surface area contributed by atoms with Gasteiger partial charge in [0.15, 0.2) is 0 Å². The number of nitrogens with one attached hydrogen (secondary N) is 1. The molecule has 108 valence electrons. The van der Waals surface area contributed by atoms with Crippen LogP contribution in [0.2, 0.25) is 0 Å². The third-order valence-corrected chi connectivity index (χ3v) is 4.12. The van der Waals surface area contributed by atoms with Crippen molar-refractivity contribution in [1.29, 1.82) is 0 Å². The van der Waals surface area contributed by atoms with Crippen molar-refractivity contribution in [2.75, 3.05) is 0 Å². The molecular formula is C15H21N3O2. The predicted molar refractivity (Wildman–Crippen MR) is 77.0 cm³/mol. The van der Waals surface area contributed by atoms with Crippen molar-refractivity contribution in [1.82, 2.24) is 11.1 Å². The van der Waals surface area contributed by atoms with Gasteiger partial charge >= 0.3 is 0 Å². The minimum absolute atomic E-state index is 0.0599. The molecule has 4 atom stereocenters. The average molecular weight is 275 g/mol. The van der Waals surface area contributed by atoms with Crippen molar-refractivity contribution >= 4 is 0 Å². The zero-order chi connectivity index (χ0) is 14.5. The summed E-state index contributed by atoms with van der Waals surface area (Å²) < 4.78 is 0. The standard InChI is InChI=1S/C15H21N3O2/c1-11(18(19)20)15(12-7-3-2-4-8-12)13-9-5-6-10-14(16)17-13/h2-4,7-8,11,13-15,17H,5-6,9-10H2,1H3. The van der Waals surface area contributed by atoms with E-state index in [0.29, 0.717) is 6.42 Å². The van der Waals surface area contributed by atoms with Gasteiger partial charge in [-0.3, -0.25) is 15.4 Å². The first-order valence-electron chi connectivity index (χ1n) is 7.22. The third kappa shape index (κ3) is 3.55. The van der Waals surface area contributed by atoms with E-state index in [0.717, 1.165) is 24.8 Å². The average Bonchev–Trinajstić information content (AvgIpc) is 2.65. The molecule has 1 aromatic carbocycles. The largest absolute Gasteiger partial charge is 0.296 e. The maximum atomic E-state index is 11.2. The number of nitro groups is 1. The van der Waals surface area contributed by atoms with Gasteiger partial charge in [0.2, 0.25) is 6.04 Å². The Bertz CT molecular complexity index is 438. The molecule has 5 heteroatoms. The van der Waals surface area contributed by atoms with Gasteiger partial charge in [-0.15, -0.1) is 5.73 Å². The van der Waals surface area contributed by atoms with Gasteiger partial charge < -0.3 is 0 Å². The smallest absolute Gasteiger partial charge is 0.218 e. The highest BCUT2D eigenvalue weighted by molar-refractivity contribution is 5.22. The maximum absolute atomic E-state index is 11.2. The van der Waals surface area contributed by atoms with Crippen LogP contribution >= 0.6 is 0 Å². The Kier molecular flexibility index (Phi) is 5.09. The molecule has 1 fully saturated rings. The van der Waals surface area contributed by atoms with Crippen molar-refractivity contribution in [2.24, 2.45) is 0 Å². The van der Waals surface area contributed by atoms with Crippen LogP contribution in [-0.2, 0) is 0 Å². The zero-order valence-corrected chi connectivity index (χ0v) is 11.7. The van der Waals surface area contributed by atoms with Gasteiger partial charge in [-0.2, -0.15) is 0 Å². The minimum Gasteiger partial charge on any atom is -0.296 e. The number of rotatable bonds is 4. The highest BCUT2D eigenvalue weighted by atomic mass is 16.6. The Labute approximate surface area is 119 Å². The minimum atomic E-state index is -0.680. The summed E-state index contributed by atoms with van der Waals surface area (Å²) in [6, 6.07) is 8.85. The van der Waals surface area contributed by atoms with E-state index in [-0.39, 0.29) is 16.9 Å². The molecule has 0 bridgehead atoms. The molecule has 0 saturated carbocycles. The molecule has 20 heavy (non-hydrogen) atoms. The summed E-state index contributed by atoms with van der Waals surface area (Å²) in [5.41, 5.74) is 10.9. The van der Waals surface area contributed by atoms with Gasteiger partial charge in [0.1, 0.15) is 0 Å².